The minimum atomic E-state index is -1.22. The van der Waals surface area contributed by atoms with Crippen molar-refractivity contribution < 1.29 is 39.1 Å². The monoisotopic (exact) mass is 533 g/mol. The van der Waals surface area contributed by atoms with E-state index in [-0.39, 0.29) is 29.6 Å². The second kappa shape index (κ2) is 11.5. The van der Waals surface area contributed by atoms with Crippen molar-refractivity contribution in [2.45, 2.75) is 95.9 Å². The fourth-order valence-electron chi connectivity index (χ4n) is 7.06. The van der Waals surface area contributed by atoms with Gasteiger partial charge >= 0.3 is 11.9 Å². The predicted octanol–water partition coefficient (Wildman–Crippen LogP) is 3.00. The molecule has 4 N–H and O–H groups in total. The summed E-state index contributed by atoms with van der Waals surface area (Å²) >= 11 is 0. The standard InChI is InChI=1S/C29H43NO8/c1-15-11-16(2)29(35)14-19(8-9-20(29)12-24(36-5)28(34)37-25(15)18(4)31)21-13-23(32)17(3)26(21)38-27(33)22-7-6-10-30-22/h6-7,10-11,15,17-21,23-26,30-32,35H,8-9,12-14H2,1-5H3/b16-11+/t15-,17-,18-,19-,20-,21-,23+,24+,25+,26-,29+/m1/s1. The molecule has 0 radical (unpaired) electrons. The molecule has 2 aliphatic carbocycles. The number of aromatic amines is 1. The van der Waals surface area contributed by atoms with Gasteiger partial charge in [-0.15, -0.1) is 0 Å². The highest BCUT2D eigenvalue weighted by atomic mass is 16.6. The molecule has 212 valence electrons. The van der Waals surface area contributed by atoms with Crippen molar-refractivity contribution in [3.63, 3.8) is 0 Å². The van der Waals surface area contributed by atoms with E-state index in [9.17, 15) is 24.9 Å². The number of hydrogen-bond donors (Lipinski definition) is 4. The van der Waals surface area contributed by atoms with Crippen LogP contribution in [0.25, 0.3) is 0 Å². The maximum atomic E-state index is 12.9. The van der Waals surface area contributed by atoms with Crippen LogP contribution in [0.5, 0.6) is 0 Å². The number of H-pyrrole nitrogens is 1. The first-order chi connectivity index (χ1) is 18.0. The van der Waals surface area contributed by atoms with Crippen molar-refractivity contribution in [1.29, 1.82) is 0 Å². The van der Waals surface area contributed by atoms with Crippen LogP contribution in [0.15, 0.2) is 30.0 Å². The highest BCUT2D eigenvalue weighted by Gasteiger charge is 2.53. The summed E-state index contributed by atoms with van der Waals surface area (Å²) in [6.45, 7) is 7.24. The Labute approximate surface area is 224 Å². The predicted molar refractivity (Wildman–Crippen MR) is 139 cm³/mol. The minimum Gasteiger partial charge on any atom is -0.457 e. The molecule has 2 heterocycles. The molecule has 1 aromatic rings. The SMILES string of the molecule is CO[C@H]1C[C@H]2CC[C@@H]([C@H]3C[C@H](O)[C@@H](C)[C@H]3OC(=O)c3ccc[nH]3)C[C@]2(O)/C(C)=C/[C@@H](C)[C@@H]([C@@H](C)O)OC1=O. The number of carbonyl (C=O) groups excluding carboxylic acids is 2. The van der Waals surface area contributed by atoms with Crippen LogP contribution in [-0.2, 0) is 19.0 Å². The second-order valence-corrected chi connectivity index (χ2v) is 11.8. The molecule has 9 heteroatoms. The lowest BCUT2D eigenvalue weighted by molar-refractivity contribution is -0.172. The topological polar surface area (TPSA) is 138 Å². The van der Waals surface area contributed by atoms with Gasteiger partial charge in [-0.2, -0.15) is 0 Å². The third-order valence-electron chi connectivity index (χ3n) is 9.35. The van der Waals surface area contributed by atoms with E-state index < -0.39 is 48.1 Å². The fraction of sp³-hybridized carbons (Fsp3) is 0.724. The summed E-state index contributed by atoms with van der Waals surface area (Å²) in [5, 5.41) is 33.4. The largest absolute Gasteiger partial charge is 0.457 e. The van der Waals surface area contributed by atoms with E-state index in [4.69, 9.17) is 14.2 Å². The quantitative estimate of drug-likeness (QED) is 0.335. The zero-order valence-electron chi connectivity index (χ0n) is 23.0. The van der Waals surface area contributed by atoms with Crippen LogP contribution in [0.2, 0.25) is 0 Å². The molecular weight excluding hydrogens is 490 g/mol. The lowest BCUT2D eigenvalue weighted by atomic mass is 9.62. The van der Waals surface area contributed by atoms with Gasteiger partial charge in [0.05, 0.1) is 17.8 Å². The Morgan fingerprint density at radius 1 is 1.26 bits per heavy atom. The number of aliphatic hydroxyl groups excluding tert-OH is 2. The highest BCUT2D eigenvalue weighted by Crippen LogP contribution is 2.51. The van der Waals surface area contributed by atoms with Crippen LogP contribution in [-0.4, -0.2) is 75.5 Å². The molecule has 0 bridgehead atoms. The van der Waals surface area contributed by atoms with E-state index in [1.807, 2.05) is 26.8 Å². The molecule has 0 amide bonds. The number of fused-ring (bicyclic) bond motifs is 1. The lowest BCUT2D eigenvalue weighted by Gasteiger charge is -2.48. The molecule has 2 saturated carbocycles. The van der Waals surface area contributed by atoms with Crippen LogP contribution < -0.4 is 0 Å². The van der Waals surface area contributed by atoms with Gasteiger partial charge in [0.25, 0.3) is 0 Å². The zero-order chi connectivity index (χ0) is 27.8. The Kier molecular flexibility index (Phi) is 8.71. The second-order valence-electron chi connectivity index (χ2n) is 11.8. The molecule has 1 aliphatic heterocycles. The first-order valence-electron chi connectivity index (χ1n) is 13.8. The summed E-state index contributed by atoms with van der Waals surface area (Å²) < 4.78 is 17.1. The maximum absolute atomic E-state index is 12.9. The van der Waals surface area contributed by atoms with Gasteiger partial charge in [0, 0.05) is 31.1 Å². The van der Waals surface area contributed by atoms with Crippen molar-refractivity contribution >= 4 is 11.9 Å². The van der Waals surface area contributed by atoms with Gasteiger partial charge < -0.3 is 34.5 Å². The molecular formula is C29H43NO8. The summed E-state index contributed by atoms with van der Waals surface area (Å²) in [7, 11) is 1.45. The number of cyclic esters (lactones) is 1. The van der Waals surface area contributed by atoms with Gasteiger partial charge in [-0.3, -0.25) is 0 Å². The van der Waals surface area contributed by atoms with Crippen molar-refractivity contribution in [2.24, 2.45) is 29.6 Å². The first-order valence-corrected chi connectivity index (χ1v) is 13.8. The van der Waals surface area contributed by atoms with Crippen LogP contribution >= 0.6 is 0 Å². The number of rotatable bonds is 5. The first kappa shape index (κ1) is 28.8. The number of ether oxygens (including phenoxy) is 3. The number of aliphatic hydroxyl groups is 3. The summed E-state index contributed by atoms with van der Waals surface area (Å²) in [6.07, 6.45) is 2.58. The van der Waals surface area contributed by atoms with Gasteiger partial charge in [0.2, 0.25) is 0 Å². The number of methoxy groups -OCH3 is 1. The van der Waals surface area contributed by atoms with E-state index in [0.29, 0.717) is 31.4 Å². The zero-order valence-corrected chi connectivity index (χ0v) is 23.0. The van der Waals surface area contributed by atoms with E-state index in [1.165, 1.54) is 7.11 Å². The molecule has 1 aromatic heterocycles. The summed E-state index contributed by atoms with van der Waals surface area (Å²) in [5.74, 6) is -1.91. The average molecular weight is 534 g/mol. The van der Waals surface area contributed by atoms with Crippen molar-refractivity contribution in [1.82, 2.24) is 4.98 Å². The Bertz CT molecular complexity index is 1010. The van der Waals surface area contributed by atoms with Gasteiger partial charge in [-0.05, 0) is 75.5 Å². The Hall–Kier alpha value is -2.20. The molecule has 0 aromatic carbocycles. The number of carbonyl (C=O) groups is 2. The third kappa shape index (κ3) is 5.57. The summed E-state index contributed by atoms with van der Waals surface area (Å²) in [6, 6.07) is 3.40. The summed E-state index contributed by atoms with van der Waals surface area (Å²) in [4.78, 5) is 28.6. The molecule has 0 unspecified atom stereocenters. The van der Waals surface area contributed by atoms with E-state index in [1.54, 1.807) is 25.3 Å². The number of aromatic nitrogens is 1. The van der Waals surface area contributed by atoms with Crippen LogP contribution in [0.3, 0.4) is 0 Å². The minimum absolute atomic E-state index is 0.000558. The third-order valence-corrected chi connectivity index (χ3v) is 9.35. The van der Waals surface area contributed by atoms with Gasteiger partial charge in [0.15, 0.2) is 6.10 Å². The maximum Gasteiger partial charge on any atom is 0.355 e. The number of esters is 2. The molecule has 4 rings (SSSR count). The van der Waals surface area contributed by atoms with Crippen LogP contribution in [0.4, 0.5) is 0 Å². The van der Waals surface area contributed by atoms with Gasteiger partial charge in [-0.1, -0.05) is 19.9 Å². The van der Waals surface area contributed by atoms with Gasteiger partial charge in [-0.25, -0.2) is 9.59 Å². The normalized spacial score (nSPS) is 42.4. The molecule has 38 heavy (non-hydrogen) atoms. The lowest BCUT2D eigenvalue weighted by Crippen LogP contribution is -2.50. The number of hydrogen-bond acceptors (Lipinski definition) is 8. The smallest absolute Gasteiger partial charge is 0.355 e. The number of nitrogens with one attached hydrogen (secondary N) is 1. The highest BCUT2D eigenvalue weighted by molar-refractivity contribution is 5.87. The van der Waals surface area contributed by atoms with Crippen LogP contribution in [0, 0.1) is 29.6 Å². The van der Waals surface area contributed by atoms with E-state index in [2.05, 4.69) is 4.98 Å². The Morgan fingerprint density at radius 3 is 2.63 bits per heavy atom. The Balaban J connectivity index is 1.63. The fourth-order valence-corrected chi connectivity index (χ4v) is 7.06. The molecule has 0 spiro atoms. The summed E-state index contributed by atoms with van der Waals surface area (Å²) in [5.41, 5.74) is -0.0887. The van der Waals surface area contributed by atoms with Crippen molar-refractivity contribution in [3.8, 4) is 0 Å². The van der Waals surface area contributed by atoms with Crippen molar-refractivity contribution in [3.05, 3.63) is 35.7 Å². The average Bonchev–Trinajstić information content (AvgIpc) is 3.50. The molecule has 11 atom stereocenters. The molecule has 0 saturated heterocycles. The van der Waals surface area contributed by atoms with E-state index >= 15 is 0 Å². The molecule has 3 aliphatic rings. The van der Waals surface area contributed by atoms with Crippen LogP contribution in [0.1, 0.15) is 70.3 Å². The van der Waals surface area contributed by atoms with Crippen molar-refractivity contribution in [2.75, 3.05) is 7.11 Å². The Morgan fingerprint density at radius 2 is 2.00 bits per heavy atom. The van der Waals surface area contributed by atoms with E-state index in [0.717, 1.165) is 12.0 Å². The molecule has 9 nitrogen and oxygen atoms in total. The van der Waals surface area contributed by atoms with Gasteiger partial charge in [0.1, 0.15) is 17.9 Å². The molecule has 2 fully saturated rings.